The number of nitrogens with one attached hydrogen (secondary N) is 1. The van der Waals surface area contributed by atoms with E-state index < -0.39 is 0 Å². The number of ether oxygens (including phenoxy) is 1. The first-order valence-electron chi connectivity index (χ1n) is 6.67. The molecule has 1 aliphatic heterocycles. The van der Waals surface area contributed by atoms with E-state index in [2.05, 4.69) is 10.2 Å². The number of rotatable bonds is 2. The fraction of sp³-hybridized carbons (Fsp3) is 0.429. The summed E-state index contributed by atoms with van der Waals surface area (Å²) < 4.78 is 5.65. The first-order chi connectivity index (χ1) is 9.63. The Hall–Kier alpha value is -1.66. The van der Waals surface area contributed by atoms with Crippen LogP contribution in [0.2, 0.25) is 0 Å². The summed E-state index contributed by atoms with van der Waals surface area (Å²) in [5.41, 5.74) is 1.35. The van der Waals surface area contributed by atoms with Crippen molar-refractivity contribution in [2.45, 2.75) is 26.1 Å². The summed E-state index contributed by atoms with van der Waals surface area (Å²) in [4.78, 5) is 15.4. The van der Waals surface area contributed by atoms with Gasteiger partial charge in [-0.05, 0) is 31.4 Å². The Bertz CT molecular complexity index is 583. The summed E-state index contributed by atoms with van der Waals surface area (Å²) >= 11 is 1.62. The van der Waals surface area contributed by atoms with Crippen LogP contribution < -0.4 is 0 Å². The Balaban J connectivity index is 1.77. The monoisotopic (exact) mass is 291 g/mol. The van der Waals surface area contributed by atoms with Gasteiger partial charge in [-0.15, -0.1) is 11.3 Å². The second-order valence-corrected chi connectivity index (χ2v) is 6.06. The van der Waals surface area contributed by atoms with Crippen LogP contribution in [0.5, 0.6) is 0 Å². The molecule has 1 fully saturated rings. The van der Waals surface area contributed by atoms with Crippen molar-refractivity contribution in [3.63, 3.8) is 0 Å². The molecular formula is C14H17N3O2S. The van der Waals surface area contributed by atoms with Crippen LogP contribution in [0.4, 0.5) is 0 Å². The molecule has 2 aromatic rings. The number of carbonyl (C=O) groups excluding carboxylic acids is 1. The number of aromatic nitrogens is 2. The van der Waals surface area contributed by atoms with Gasteiger partial charge in [-0.3, -0.25) is 9.89 Å². The molecule has 1 amide bonds. The average Bonchev–Trinajstić information content (AvgIpc) is 3.07. The molecule has 0 aromatic carbocycles. The Morgan fingerprint density at radius 2 is 2.20 bits per heavy atom. The zero-order valence-electron chi connectivity index (χ0n) is 11.5. The lowest BCUT2D eigenvalue weighted by Crippen LogP contribution is -2.48. The largest absolute Gasteiger partial charge is 0.372 e. The molecule has 20 heavy (non-hydrogen) atoms. The standard InChI is InChI=1S/C14H17N3O2S/c1-9-7-17(8-10(2)19-9)14(18)12-6-11(15-16-12)13-4-3-5-20-13/h3-6,9-10H,7-8H2,1-2H3,(H,15,16)/t9-,10+. The predicted octanol–water partition coefficient (Wildman–Crippen LogP) is 2.39. The van der Waals surface area contributed by atoms with E-state index in [-0.39, 0.29) is 18.1 Å². The van der Waals surface area contributed by atoms with E-state index in [0.717, 1.165) is 10.6 Å². The first kappa shape index (κ1) is 13.3. The molecule has 3 rings (SSSR count). The van der Waals surface area contributed by atoms with Gasteiger partial charge in [0, 0.05) is 13.1 Å². The number of hydrogen-bond donors (Lipinski definition) is 1. The minimum atomic E-state index is -0.0361. The van der Waals surface area contributed by atoms with Crippen molar-refractivity contribution in [3.05, 3.63) is 29.3 Å². The van der Waals surface area contributed by atoms with E-state index >= 15 is 0 Å². The van der Waals surface area contributed by atoms with E-state index in [0.29, 0.717) is 18.8 Å². The Morgan fingerprint density at radius 1 is 1.45 bits per heavy atom. The van der Waals surface area contributed by atoms with Crippen LogP contribution in [0.1, 0.15) is 24.3 Å². The molecule has 2 aromatic heterocycles. The number of nitrogens with zero attached hydrogens (tertiary/aromatic N) is 2. The molecule has 6 heteroatoms. The number of H-pyrrole nitrogens is 1. The summed E-state index contributed by atoms with van der Waals surface area (Å²) in [5, 5.41) is 9.08. The molecule has 2 atom stereocenters. The molecule has 0 aliphatic carbocycles. The zero-order valence-corrected chi connectivity index (χ0v) is 12.3. The van der Waals surface area contributed by atoms with Gasteiger partial charge in [-0.1, -0.05) is 6.07 Å². The van der Waals surface area contributed by atoms with Gasteiger partial charge in [-0.25, -0.2) is 0 Å². The highest BCUT2D eigenvalue weighted by Gasteiger charge is 2.27. The van der Waals surface area contributed by atoms with Gasteiger partial charge in [0.05, 0.1) is 22.8 Å². The maximum Gasteiger partial charge on any atom is 0.274 e. The minimum absolute atomic E-state index is 0.0361. The summed E-state index contributed by atoms with van der Waals surface area (Å²) in [6.07, 6.45) is 0.136. The molecule has 0 spiro atoms. The zero-order chi connectivity index (χ0) is 14.1. The molecule has 1 aliphatic rings. The molecule has 1 saturated heterocycles. The molecule has 106 valence electrons. The molecule has 1 N–H and O–H groups in total. The van der Waals surface area contributed by atoms with Crippen LogP contribution in [-0.4, -0.2) is 46.3 Å². The Labute approximate surface area is 121 Å². The number of carbonyl (C=O) groups is 1. The van der Waals surface area contributed by atoms with Crippen LogP contribution in [-0.2, 0) is 4.74 Å². The quantitative estimate of drug-likeness (QED) is 0.924. The molecule has 5 nitrogen and oxygen atoms in total. The van der Waals surface area contributed by atoms with E-state index in [4.69, 9.17) is 4.74 Å². The van der Waals surface area contributed by atoms with Crippen molar-refractivity contribution in [2.24, 2.45) is 0 Å². The Kier molecular flexibility index (Phi) is 3.58. The van der Waals surface area contributed by atoms with Gasteiger partial charge in [0.2, 0.25) is 0 Å². The number of thiophene rings is 1. The number of aromatic amines is 1. The van der Waals surface area contributed by atoms with Gasteiger partial charge in [-0.2, -0.15) is 5.10 Å². The summed E-state index contributed by atoms with van der Waals surface area (Å²) in [6, 6.07) is 5.80. The third kappa shape index (κ3) is 2.62. The third-order valence-electron chi connectivity index (χ3n) is 3.29. The van der Waals surface area contributed by atoms with Gasteiger partial charge < -0.3 is 9.64 Å². The van der Waals surface area contributed by atoms with E-state index in [1.807, 2.05) is 42.3 Å². The number of amides is 1. The van der Waals surface area contributed by atoms with Crippen molar-refractivity contribution in [1.29, 1.82) is 0 Å². The fourth-order valence-corrected chi connectivity index (χ4v) is 3.19. The van der Waals surface area contributed by atoms with Crippen molar-refractivity contribution >= 4 is 17.2 Å². The second-order valence-electron chi connectivity index (χ2n) is 5.11. The molecule has 0 bridgehead atoms. The number of hydrogen-bond acceptors (Lipinski definition) is 4. The van der Waals surface area contributed by atoms with Crippen LogP contribution >= 0.6 is 11.3 Å². The Morgan fingerprint density at radius 3 is 2.85 bits per heavy atom. The van der Waals surface area contributed by atoms with Crippen molar-refractivity contribution in [3.8, 4) is 10.6 Å². The van der Waals surface area contributed by atoms with Gasteiger partial charge in [0.15, 0.2) is 5.69 Å². The fourth-order valence-electron chi connectivity index (χ4n) is 2.50. The second kappa shape index (κ2) is 5.38. The van der Waals surface area contributed by atoms with Crippen LogP contribution in [0.25, 0.3) is 10.6 Å². The van der Waals surface area contributed by atoms with Crippen LogP contribution in [0, 0.1) is 0 Å². The first-order valence-corrected chi connectivity index (χ1v) is 7.55. The van der Waals surface area contributed by atoms with Gasteiger partial charge in [0.25, 0.3) is 5.91 Å². The highest BCUT2D eigenvalue weighted by atomic mass is 32.1. The molecular weight excluding hydrogens is 274 g/mol. The van der Waals surface area contributed by atoms with Crippen molar-refractivity contribution in [2.75, 3.05) is 13.1 Å². The van der Waals surface area contributed by atoms with Crippen molar-refractivity contribution in [1.82, 2.24) is 15.1 Å². The highest BCUT2D eigenvalue weighted by Crippen LogP contribution is 2.23. The summed E-state index contributed by atoms with van der Waals surface area (Å²) in [6.45, 7) is 5.20. The summed E-state index contributed by atoms with van der Waals surface area (Å²) in [5.74, 6) is -0.0361. The third-order valence-corrected chi connectivity index (χ3v) is 4.19. The van der Waals surface area contributed by atoms with Crippen LogP contribution in [0.15, 0.2) is 23.6 Å². The minimum Gasteiger partial charge on any atom is -0.372 e. The predicted molar refractivity (Wildman–Crippen MR) is 77.8 cm³/mol. The topological polar surface area (TPSA) is 58.2 Å². The lowest BCUT2D eigenvalue weighted by atomic mass is 10.2. The summed E-state index contributed by atoms with van der Waals surface area (Å²) in [7, 11) is 0. The lowest BCUT2D eigenvalue weighted by Gasteiger charge is -2.34. The molecule has 3 heterocycles. The lowest BCUT2D eigenvalue weighted by molar-refractivity contribution is -0.0587. The molecule has 0 radical (unpaired) electrons. The van der Waals surface area contributed by atoms with Crippen molar-refractivity contribution < 1.29 is 9.53 Å². The van der Waals surface area contributed by atoms with Crippen LogP contribution in [0.3, 0.4) is 0 Å². The normalized spacial score (nSPS) is 23.0. The smallest absolute Gasteiger partial charge is 0.274 e. The molecule has 0 unspecified atom stereocenters. The maximum atomic E-state index is 12.5. The maximum absolute atomic E-state index is 12.5. The van der Waals surface area contributed by atoms with E-state index in [9.17, 15) is 4.79 Å². The van der Waals surface area contributed by atoms with Gasteiger partial charge >= 0.3 is 0 Å². The molecule has 0 saturated carbocycles. The van der Waals surface area contributed by atoms with E-state index in [1.165, 1.54) is 0 Å². The van der Waals surface area contributed by atoms with E-state index in [1.54, 1.807) is 11.3 Å². The SMILES string of the molecule is C[C@@H]1CN(C(=O)c2cc(-c3cccs3)[nH]n2)C[C@H](C)O1. The number of morpholine rings is 1. The average molecular weight is 291 g/mol. The highest BCUT2D eigenvalue weighted by molar-refractivity contribution is 7.13. The van der Waals surface area contributed by atoms with Gasteiger partial charge in [0.1, 0.15) is 0 Å².